The van der Waals surface area contributed by atoms with Crippen molar-refractivity contribution in [3.05, 3.63) is 22.7 Å². The molecule has 0 saturated carbocycles. The SMILES string of the molecule is Nc1ccn(OC2OC[C@H](OCP(=O)(O)O)[C@H]2O)c(=O)n1.[NaH].[NaH]. The number of nitrogens with two attached hydrogens (primary N) is 1. The number of nitrogen functional groups attached to an aromatic ring is 1. The molecule has 122 valence electrons. The maximum atomic E-state index is 11.4. The van der Waals surface area contributed by atoms with E-state index in [2.05, 4.69) is 4.98 Å². The van der Waals surface area contributed by atoms with E-state index in [4.69, 9.17) is 29.8 Å². The van der Waals surface area contributed by atoms with E-state index in [1.165, 1.54) is 12.3 Å². The third-order valence-corrected chi connectivity index (χ3v) is 3.04. The van der Waals surface area contributed by atoms with E-state index < -0.39 is 38.1 Å². The van der Waals surface area contributed by atoms with E-state index in [1.807, 2.05) is 0 Å². The number of ether oxygens (including phenoxy) is 2. The van der Waals surface area contributed by atoms with Gasteiger partial charge in [-0.2, -0.15) is 4.98 Å². The second-order valence-electron chi connectivity index (χ2n) is 4.26. The molecule has 1 aromatic rings. The average Bonchev–Trinajstić information content (AvgIpc) is 2.71. The van der Waals surface area contributed by atoms with Gasteiger partial charge in [0.25, 0.3) is 6.29 Å². The van der Waals surface area contributed by atoms with Crippen molar-refractivity contribution < 1.29 is 33.8 Å². The van der Waals surface area contributed by atoms with Gasteiger partial charge in [0.05, 0.1) is 12.8 Å². The van der Waals surface area contributed by atoms with Crippen LogP contribution in [0.3, 0.4) is 0 Å². The first-order chi connectivity index (χ1) is 9.76. The third kappa shape index (κ3) is 7.10. The number of hydrogen-bond donors (Lipinski definition) is 4. The minimum atomic E-state index is -4.35. The molecule has 23 heavy (non-hydrogen) atoms. The van der Waals surface area contributed by atoms with E-state index in [-0.39, 0.29) is 71.5 Å². The molecule has 2 rings (SSSR count). The van der Waals surface area contributed by atoms with Crippen LogP contribution in [0.4, 0.5) is 5.82 Å². The molecule has 0 aromatic carbocycles. The van der Waals surface area contributed by atoms with Crippen molar-refractivity contribution in [2.24, 2.45) is 0 Å². The molecular formula is C9H16N3Na2O8P. The van der Waals surface area contributed by atoms with Crippen molar-refractivity contribution in [3.8, 4) is 0 Å². The molecular weight excluding hydrogens is 355 g/mol. The fourth-order valence-corrected chi connectivity index (χ4v) is 1.98. The van der Waals surface area contributed by atoms with Crippen LogP contribution in [0.15, 0.2) is 17.1 Å². The normalized spacial score (nSPS) is 23.7. The van der Waals surface area contributed by atoms with Crippen molar-refractivity contribution in [2.75, 3.05) is 18.7 Å². The van der Waals surface area contributed by atoms with Crippen LogP contribution < -0.4 is 16.3 Å². The Hall–Kier alpha value is 0.510. The van der Waals surface area contributed by atoms with Crippen LogP contribution in [0.2, 0.25) is 0 Å². The monoisotopic (exact) mass is 371 g/mol. The van der Waals surface area contributed by atoms with Gasteiger partial charge in [-0.15, -0.1) is 4.73 Å². The zero-order chi connectivity index (χ0) is 15.6. The molecule has 14 heteroatoms. The Morgan fingerprint density at radius 2 is 2.13 bits per heavy atom. The van der Waals surface area contributed by atoms with E-state index in [0.29, 0.717) is 0 Å². The Balaban J connectivity index is 0.00000242. The predicted molar refractivity (Wildman–Crippen MR) is 81.3 cm³/mol. The molecule has 0 bridgehead atoms. The van der Waals surface area contributed by atoms with Crippen LogP contribution in [0.25, 0.3) is 0 Å². The van der Waals surface area contributed by atoms with E-state index >= 15 is 0 Å². The molecule has 1 aliphatic rings. The van der Waals surface area contributed by atoms with Gasteiger partial charge in [-0.05, 0) is 0 Å². The molecule has 5 N–H and O–H groups in total. The molecule has 0 aliphatic carbocycles. The molecule has 1 saturated heterocycles. The summed E-state index contributed by atoms with van der Waals surface area (Å²) >= 11 is 0. The first-order valence-corrected chi connectivity index (χ1v) is 7.54. The van der Waals surface area contributed by atoms with Gasteiger partial charge in [0.1, 0.15) is 24.4 Å². The molecule has 2 heterocycles. The summed E-state index contributed by atoms with van der Waals surface area (Å²) in [6.07, 6.45) is -3.21. The number of aliphatic hydroxyl groups excluding tert-OH is 1. The van der Waals surface area contributed by atoms with Crippen molar-refractivity contribution in [1.29, 1.82) is 0 Å². The summed E-state index contributed by atoms with van der Waals surface area (Å²) in [4.78, 5) is 37.3. The molecule has 1 aliphatic heterocycles. The quantitative estimate of drug-likeness (QED) is 0.298. The Morgan fingerprint density at radius 1 is 1.48 bits per heavy atom. The molecule has 1 fully saturated rings. The zero-order valence-corrected chi connectivity index (χ0v) is 11.5. The van der Waals surface area contributed by atoms with Gasteiger partial charge in [-0.1, -0.05) is 0 Å². The van der Waals surface area contributed by atoms with Crippen molar-refractivity contribution in [2.45, 2.75) is 18.5 Å². The Morgan fingerprint density at radius 3 is 2.70 bits per heavy atom. The Labute approximate surface area is 174 Å². The second-order valence-corrected chi connectivity index (χ2v) is 5.84. The summed E-state index contributed by atoms with van der Waals surface area (Å²) in [6.45, 7) is -0.150. The number of anilines is 1. The van der Waals surface area contributed by atoms with Gasteiger partial charge in [-0.25, -0.2) is 4.79 Å². The molecule has 3 atom stereocenters. The van der Waals surface area contributed by atoms with E-state index in [9.17, 15) is 14.5 Å². The Kier molecular flexibility index (Phi) is 10.1. The molecule has 0 amide bonds. The summed E-state index contributed by atoms with van der Waals surface area (Å²) in [5.74, 6) is 0.00981. The van der Waals surface area contributed by atoms with Gasteiger partial charge in [0, 0.05) is 6.07 Å². The fraction of sp³-hybridized carbons (Fsp3) is 0.556. The van der Waals surface area contributed by atoms with Crippen LogP contribution in [0.5, 0.6) is 0 Å². The van der Waals surface area contributed by atoms with Crippen LogP contribution in [-0.4, -0.2) is 115 Å². The number of rotatable bonds is 5. The number of hydrogen-bond acceptors (Lipinski definition) is 8. The molecule has 11 nitrogen and oxygen atoms in total. The standard InChI is InChI=1S/C9H14N3O8P.2Na.2H/c10-6-1-2-12(9(14)11-6)20-8-7(13)5(3-18-8)19-4-21(15,16)17;;;;/h1-2,5,7-8,13H,3-4H2,(H2,10,11,14)(H2,15,16,17);;;;/t5-,7+,8?;;;;/m0..../s1. The molecule has 1 unspecified atom stereocenters. The van der Waals surface area contributed by atoms with Crippen LogP contribution in [0, 0.1) is 0 Å². The van der Waals surface area contributed by atoms with Gasteiger partial charge in [0.15, 0.2) is 0 Å². The first-order valence-electron chi connectivity index (χ1n) is 5.74. The number of aliphatic hydroxyl groups is 1. The van der Waals surface area contributed by atoms with Gasteiger partial charge in [-0.3, -0.25) is 4.57 Å². The topological polar surface area (TPSA) is 166 Å². The van der Waals surface area contributed by atoms with Gasteiger partial charge in [0.2, 0.25) is 0 Å². The van der Waals surface area contributed by atoms with Crippen LogP contribution >= 0.6 is 7.60 Å². The summed E-state index contributed by atoms with van der Waals surface area (Å²) in [5, 5.41) is 9.86. The summed E-state index contributed by atoms with van der Waals surface area (Å²) in [5.41, 5.74) is 4.51. The molecule has 0 radical (unpaired) electrons. The van der Waals surface area contributed by atoms with E-state index in [0.717, 1.165) is 4.73 Å². The maximum absolute atomic E-state index is 11.4. The summed E-state index contributed by atoms with van der Waals surface area (Å²) < 4.78 is 21.3. The molecule has 0 spiro atoms. The number of aromatic nitrogens is 2. The van der Waals surface area contributed by atoms with E-state index in [1.54, 1.807) is 0 Å². The average molecular weight is 371 g/mol. The van der Waals surface area contributed by atoms with Crippen molar-refractivity contribution >= 4 is 72.5 Å². The fourth-order valence-electron chi connectivity index (χ4n) is 1.59. The molecule has 1 aromatic heterocycles. The second kappa shape index (κ2) is 9.85. The van der Waals surface area contributed by atoms with Crippen LogP contribution in [0.1, 0.15) is 0 Å². The van der Waals surface area contributed by atoms with Gasteiger partial charge < -0.3 is 34.9 Å². The summed E-state index contributed by atoms with van der Waals surface area (Å²) in [6, 6.07) is 1.31. The third-order valence-electron chi connectivity index (χ3n) is 2.55. The van der Waals surface area contributed by atoms with Gasteiger partial charge >= 0.3 is 72.4 Å². The predicted octanol–water partition coefficient (Wildman–Crippen LogP) is -3.81. The Bertz CT molecular complexity index is 611. The van der Waals surface area contributed by atoms with Crippen molar-refractivity contribution in [3.63, 3.8) is 0 Å². The van der Waals surface area contributed by atoms with Crippen molar-refractivity contribution in [1.82, 2.24) is 9.71 Å². The summed E-state index contributed by atoms with van der Waals surface area (Å²) in [7, 11) is -4.35. The first kappa shape index (κ1) is 23.5. The minimum absolute atomic E-state index is 0. The zero-order valence-electron chi connectivity index (χ0n) is 10.6. The van der Waals surface area contributed by atoms with Crippen LogP contribution in [-0.2, 0) is 14.0 Å². The number of nitrogens with zero attached hydrogens (tertiary/aromatic N) is 2.